The van der Waals surface area contributed by atoms with E-state index in [1.54, 1.807) is 13.8 Å². The quantitative estimate of drug-likeness (QED) is 0.226. The van der Waals surface area contributed by atoms with E-state index in [4.69, 9.17) is 9.15 Å². The number of ketones is 2. The SMILES string of the molecule is COc1cc(O)cc2c1C(=O)c1c(O)cc(C)c3oc(=O)c(C(=O)c4c(O)cc(C)cc4O)c-2c13. The van der Waals surface area contributed by atoms with E-state index in [0.717, 1.165) is 0 Å². The van der Waals surface area contributed by atoms with Crippen molar-refractivity contribution in [2.24, 2.45) is 0 Å². The predicted octanol–water partition coefficient (Wildman–Crippen LogP) is 3.68. The Kier molecular flexibility index (Phi) is 4.63. The molecule has 9 heteroatoms. The lowest BCUT2D eigenvalue weighted by Gasteiger charge is -2.24. The highest BCUT2D eigenvalue weighted by Crippen LogP contribution is 2.49. The highest BCUT2D eigenvalue weighted by molar-refractivity contribution is 6.31. The molecule has 5 rings (SSSR count). The van der Waals surface area contributed by atoms with Crippen molar-refractivity contribution in [1.29, 1.82) is 0 Å². The number of carbonyl (C=O) groups is 2. The molecule has 1 aliphatic rings. The van der Waals surface area contributed by atoms with Gasteiger partial charge in [-0.15, -0.1) is 0 Å². The molecular weight excluding hydrogens is 456 g/mol. The molecule has 0 saturated heterocycles. The third-order valence-electron chi connectivity index (χ3n) is 6.07. The van der Waals surface area contributed by atoms with Crippen LogP contribution in [0.2, 0.25) is 0 Å². The first-order chi connectivity index (χ1) is 16.5. The fraction of sp³-hybridized carbons (Fsp3) is 0.115. The second kappa shape index (κ2) is 7.36. The lowest BCUT2D eigenvalue weighted by Crippen LogP contribution is -2.22. The summed E-state index contributed by atoms with van der Waals surface area (Å²) in [6.07, 6.45) is 0. The third kappa shape index (κ3) is 2.98. The van der Waals surface area contributed by atoms with Gasteiger partial charge in [-0.3, -0.25) is 9.59 Å². The third-order valence-corrected chi connectivity index (χ3v) is 6.07. The van der Waals surface area contributed by atoms with Gasteiger partial charge in [0.1, 0.15) is 45.5 Å². The second-order valence-corrected chi connectivity index (χ2v) is 8.34. The molecule has 1 aromatic heterocycles. The Hall–Kier alpha value is -4.79. The lowest BCUT2D eigenvalue weighted by atomic mass is 9.79. The Labute approximate surface area is 197 Å². The summed E-state index contributed by atoms with van der Waals surface area (Å²) in [5.74, 6) is -3.62. The molecule has 3 aromatic carbocycles. The van der Waals surface area contributed by atoms with Crippen molar-refractivity contribution in [2.45, 2.75) is 13.8 Å². The average Bonchev–Trinajstić information content (AvgIpc) is 2.76. The first-order valence-corrected chi connectivity index (χ1v) is 10.4. The number of rotatable bonds is 3. The molecular formula is C26H18O9. The zero-order chi connectivity index (χ0) is 25.3. The zero-order valence-electron chi connectivity index (χ0n) is 18.7. The molecule has 0 radical (unpaired) electrons. The van der Waals surface area contributed by atoms with Gasteiger partial charge in [0.2, 0.25) is 11.6 Å². The number of aromatic hydroxyl groups is 4. The number of aryl methyl sites for hydroxylation is 2. The van der Waals surface area contributed by atoms with Crippen LogP contribution in [0.3, 0.4) is 0 Å². The number of methoxy groups -OCH3 is 1. The van der Waals surface area contributed by atoms with Gasteiger partial charge in [0.05, 0.1) is 18.2 Å². The van der Waals surface area contributed by atoms with Crippen molar-refractivity contribution < 1.29 is 39.2 Å². The van der Waals surface area contributed by atoms with Crippen LogP contribution in [0.1, 0.15) is 43.0 Å². The van der Waals surface area contributed by atoms with E-state index in [-0.39, 0.29) is 44.7 Å². The summed E-state index contributed by atoms with van der Waals surface area (Å²) in [7, 11) is 1.27. The Bertz CT molecular complexity index is 1670. The minimum Gasteiger partial charge on any atom is -0.508 e. The van der Waals surface area contributed by atoms with Gasteiger partial charge in [0, 0.05) is 22.6 Å². The Morgan fingerprint density at radius 3 is 2.11 bits per heavy atom. The molecule has 4 N–H and O–H groups in total. The van der Waals surface area contributed by atoms with Crippen molar-refractivity contribution in [2.75, 3.05) is 7.11 Å². The maximum absolute atomic E-state index is 13.7. The van der Waals surface area contributed by atoms with Crippen molar-refractivity contribution in [3.05, 3.63) is 74.1 Å². The van der Waals surface area contributed by atoms with Crippen LogP contribution in [0.4, 0.5) is 0 Å². The summed E-state index contributed by atoms with van der Waals surface area (Å²) >= 11 is 0. The van der Waals surface area contributed by atoms with Gasteiger partial charge in [-0.1, -0.05) is 0 Å². The van der Waals surface area contributed by atoms with Gasteiger partial charge in [0.25, 0.3) is 0 Å². The normalized spacial score (nSPS) is 12.0. The maximum Gasteiger partial charge on any atom is 0.348 e. The molecule has 0 fully saturated rings. The van der Waals surface area contributed by atoms with E-state index in [1.807, 2.05) is 0 Å². The molecule has 0 amide bonds. The van der Waals surface area contributed by atoms with Crippen LogP contribution < -0.4 is 10.4 Å². The van der Waals surface area contributed by atoms with Gasteiger partial charge >= 0.3 is 5.63 Å². The van der Waals surface area contributed by atoms with Crippen LogP contribution >= 0.6 is 0 Å². The number of hydrogen-bond acceptors (Lipinski definition) is 9. The van der Waals surface area contributed by atoms with Crippen LogP contribution in [-0.4, -0.2) is 39.1 Å². The van der Waals surface area contributed by atoms with Crippen LogP contribution in [-0.2, 0) is 0 Å². The number of hydrogen-bond donors (Lipinski definition) is 4. The molecule has 1 heterocycles. The predicted molar refractivity (Wildman–Crippen MR) is 124 cm³/mol. The Balaban J connectivity index is 2.02. The van der Waals surface area contributed by atoms with Crippen LogP contribution in [0.5, 0.6) is 28.7 Å². The van der Waals surface area contributed by atoms with Crippen molar-refractivity contribution >= 4 is 22.5 Å². The zero-order valence-corrected chi connectivity index (χ0v) is 18.7. The minimum atomic E-state index is -1.10. The molecule has 0 aliphatic heterocycles. The molecule has 4 aromatic rings. The highest BCUT2D eigenvalue weighted by Gasteiger charge is 2.38. The smallest absolute Gasteiger partial charge is 0.348 e. The number of ether oxygens (including phenoxy) is 1. The molecule has 176 valence electrons. The molecule has 0 saturated carbocycles. The fourth-order valence-corrected chi connectivity index (χ4v) is 4.65. The summed E-state index contributed by atoms with van der Waals surface area (Å²) in [6, 6.07) is 6.13. The topological polar surface area (TPSA) is 154 Å². The van der Waals surface area contributed by atoms with Gasteiger partial charge in [-0.2, -0.15) is 0 Å². The largest absolute Gasteiger partial charge is 0.508 e. The average molecular weight is 474 g/mol. The minimum absolute atomic E-state index is 0.00306. The number of phenols is 4. The van der Waals surface area contributed by atoms with E-state index < -0.39 is 45.6 Å². The van der Waals surface area contributed by atoms with Crippen molar-refractivity contribution in [3.63, 3.8) is 0 Å². The van der Waals surface area contributed by atoms with Crippen molar-refractivity contribution in [3.8, 4) is 39.9 Å². The van der Waals surface area contributed by atoms with Gasteiger partial charge in [0.15, 0.2) is 0 Å². The van der Waals surface area contributed by atoms with E-state index in [0.29, 0.717) is 11.1 Å². The summed E-state index contributed by atoms with van der Waals surface area (Å²) in [5, 5.41) is 41.9. The molecule has 0 spiro atoms. The van der Waals surface area contributed by atoms with E-state index >= 15 is 0 Å². The summed E-state index contributed by atoms with van der Waals surface area (Å²) in [4.78, 5) is 40.4. The van der Waals surface area contributed by atoms with Gasteiger partial charge < -0.3 is 29.6 Å². The maximum atomic E-state index is 13.7. The van der Waals surface area contributed by atoms with Crippen LogP contribution in [0.15, 0.2) is 39.5 Å². The van der Waals surface area contributed by atoms with E-state index in [9.17, 15) is 34.8 Å². The number of fused-ring (bicyclic) bond motifs is 2. The summed E-state index contributed by atoms with van der Waals surface area (Å²) < 4.78 is 10.7. The molecule has 9 nitrogen and oxygen atoms in total. The standard InChI is InChI=1S/C26H18O9/c1-9-4-13(28)19(14(29)5-9)24(32)22-18-12-7-11(27)8-16(34-3)17(12)23(31)20-15(30)6-10(2)25(21(18)20)35-26(22)33/h4-8,27-30H,1-3H3. The molecule has 0 bridgehead atoms. The molecule has 0 atom stereocenters. The van der Waals surface area contributed by atoms with Crippen LogP contribution in [0.25, 0.3) is 22.1 Å². The number of carbonyl (C=O) groups excluding carboxylic acids is 2. The Morgan fingerprint density at radius 2 is 1.49 bits per heavy atom. The van der Waals surface area contributed by atoms with Gasteiger partial charge in [-0.25, -0.2) is 4.79 Å². The molecule has 1 aliphatic carbocycles. The van der Waals surface area contributed by atoms with Crippen LogP contribution in [0, 0.1) is 13.8 Å². The number of phenolic OH excluding ortho intramolecular Hbond substituents is 4. The summed E-state index contributed by atoms with van der Waals surface area (Å²) in [5.41, 5.74) is -1.88. The highest BCUT2D eigenvalue weighted by atomic mass is 16.5. The fourth-order valence-electron chi connectivity index (χ4n) is 4.65. The summed E-state index contributed by atoms with van der Waals surface area (Å²) in [6.45, 7) is 3.14. The first-order valence-electron chi connectivity index (χ1n) is 10.4. The molecule has 0 unspecified atom stereocenters. The van der Waals surface area contributed by atoms with E-state index in [1.165, 1.54) is 37.4 Å². The van der Waals surface area contributed by atoms with Crippen molar-refractivity contribution in [1.82, 2.24) is 0 Å². The Morgan fingerprint density at radius 1 is 0.829 bits per heavy atom. The molecule has 35 heavy (non-hydrogen) atoms. The van der Waals surface area contributed by atoms with E-state index in [2.05, 4.69) is 0 Å². The monoisotopic (exact) mass is 474 g/mol. The van der Waals surface area contributed by atoms with Gasteiger partial charge in [-0.05, 0) is 49.2 Å². The second-order valence-electron chi connectivity index (χ2n) is 8.34. The number of benzene rings is 3. The first kappa shape index (κ1) is 22.0. The lowest BCUT2D eigenvalue weighted by molar-refractivity contribution is 0.102.